The summed E-state index contributed by atoms with van der Waals surface area (Å²) >= 11 is 0. The maximum Gasteiger partial charge on any atom is 0.221 e. The summed E-state index contributed by atoms with van der Waals surface area (Å²) in [4.78, 5) is 13.7. The predicted molar refractivity (Wildman–Crippen MR) is 57.5 cm³/mol. The van der Waals surface area contributed by atoms with Gasteiger partial charge in [0.1, 0.15) is 0 Å². The Morgan fingerprint density at radius 2 is 1.93 bits per heavy atom. The van der Waals surface area contributed by atoms with E-state index in [1.165, 1.54) is 0 Å². The van der Waals surface area contributed by atoms with Crippen LogP contribution in [0.25, 0.3) is 0 Å². The van der Waals surface area contributed by atoms with Crippen molar-refractivity contribution in [2.24, 2.45) is 0 Å². The lowest BCUT2D eigenvalue weighted by atomic mass is 10.1. The molecule has 86 valence electrons. The van der Waals surface area contributed by atoms with Crippen LogP contribution >= 0.6 is 0 Å². The normalized spacial score (nSPS) is 24.1. The van der Waals surface area contributed by atoms with E-state index in [4.69, 9.17) is 0 Å². The summed E-state index contributed by atoms with van der Waals surface area (Å²) in [5.41, 5.74) is 0. The molecule has 1 saturated heterocycles. The van der Waals surface area contributed by atoms with Gasteiger partial charge in [0.25, 0.3) is 0 Å². The third-order valence-corrected chi connectivity index (χ3v) is 3.15. The SMILES string of the molecule is O=C(CCN1CCC(O)CC1)NC1CC1. The zero-order valence-electron chi connectivity index (χ0n) is 9.11. The van der Waals surface area contributed by atoms with Crippen molar-refractivity contribution in [1.82, 2.24) is 10.2 Å². The number of likely N-dealkylation sites (tertiary alicyclic amines) is 1. The van der Waals surface area contributed by atoms with Crippen LogP contribution in [0.4, 0.5) is 0 Å². The molecule has 1 saturated carbocycles. The topological polar surface area (TPSA) is 52.6 Å². The fourth-order valence-corrected chi connectivity index (χ4v) is 1.93. The van der Waals surface area contributed by atoms with Crippen molar-refractivity contribution in [3.05, 3.63) is 0 Å². The fraction of sp³-hybridized carbons (Fsp3) is 0.909. The summed E-state index contributed by atoms with van der Waals surface area (Å²) in [5.74, 6) is 0.184. The number of nitrogens with zero attached hydrogens (tertiary/aromatic N) is 1. The lowest BCUT2D eigenvalue weighted by Crippen LogP contribution is -2.38. The maximum atomic E-state index is 11.4. The van der Waals surface area contributed by atoms with Crippen molar-refractivity contribution in [2.45, 2.75) is 44.2 Å². The first-order valence-corrected chi connectivity index (χ1v) is 5.94. The number of rotatable bonds is 4. The van der Waals surface area contributed by atoms with E-state index < -0.39 is 0 Å². The molecule has 1 amide bonds. The number of hydrogen-bond donors (Lipinski definition) is 2. The highest BCUT2D eigenvalue weighted by Gasteiger charge is 2.23. The molecule has 4 nitrogen and oxygen atoms in total. The molecule has 0 aromatic carbocycles. The molecule has 0 aromatic rings. The summed E-state index contributed by atoms with van der Waals surface area (Å²) in [6, 6.07) is 0.473. The highest BCUT2D eigenvalue weighted by molar-refractivity contribution is 5.76. The molecule has 1 aliphatic heterocycles. The Morgan fingerprint density at radius 3 is 2.53 bits per heavy atom. The molecule has 0 spiro atoms. The fourth-order valence-electron chi connectivity index (χ4n) is 1.93. The highest BCUT2D eigenvalue weighted by atomic mass is 16.3. The number of piperidine rings is 1. The van der Waals surface area contributed by atoms with Crippen LogP contribution in [0.1, 0.15) is 32.1 Å². The molecule has 2 N–H and O–H groups in total. The van der Waals surface area contributed by atoms with Gasteiger partial charge in [0.2, 0.25) is 5.91 Å². The molecule has 0 atom stereocenters. The minimum Gasteiger partial charge on any atom is -0.393 e. The maximum absolute atomic E-state index is 11.4. The van der Waals surface area contributed by atoms with Crippen molar-refractivity contribution in [2.75, 3.05) is 19.6 Å². The Hall–Kier alpha value is -0.610. The molecule has 2 aliphatic rings. The molecule has 2 rings (SSSR count). The molecule has 0 radical (unpaired) electrons. The summed E-state index contributed by atoms with van der Waals surface area (Å²) in [6.07, 6.45) is 4.49. The van der Waals surface area contributed by atoms with Crippen LogP contribution in [0, 0.1) is 0 Å². The van der Waals surface area contributed by atoms with Gasteiger partial charge in [-0.05, 0) is 25.7 Å². The summed E-state index contributed by atoms with van der Waals surface area (Å²) < 4.78 is 0. The van der Waals surface area contributed by atoms with Crippen molar-refractivity contribution >= 4 is 5.91 Å². The molecule has 2 fully saturated rings. The van der Waals surface area contributed by atoms with Crippen molar-refractivity contribution in [1.29, 1.82) is 0 Å². The van der Waals surface area contributed by atoms with Crippen LogP contribution in [0.15, 0.2) is 0 Å². The van der Waals surface area contributed by atoms with Crippen LogP contribution in [-0.4, -0.2) is 47.7 Å². The molecule has 0 unspecified atom stereocenters. The number of carbonyl (C=O) groups excluding carboxylic acids is 1. The molecule has 1 heterocycles. The molecular weight excluding hydrogens is 192 g/mol. The molecule has 15 heavy (non-hydrogen) atoms. The van der Waals surface area contributed by atoms with Gasteiger partial charge in [-0.25, -0.2) is 0 Å². The minimum atomic E-state index is -0.124. The van der Waals surface area contributed by atoms with Gasteiger partial charge in [0, 0.05) is 32.1 Å². The molecule has 0 aromatic heterocycles. The second kappa shape index (κ2) is 4.94. The summed E-state index contributed by atoms with van der Waals surface area (Å²) in [6.45, 7) is 2.70. The van der Waals surface area contributed by atoms with Gasteiger partial charge in [0.05, 0.1) is 6.10 Å². The van der Waals surface area contributed by atoms with Gasteiger partial charge in [-0.2, -0.15) is 0 Å². The number of nitrogens with one attached hydrogen (secondary N) is 1. The predicted octanol–water partition coefficient (Wildman–Crippen LogP) is 0.112. The molecule has 0 bridgehead atoms. The van der Waals surface area contributed by atoms with E-state index in [-0.39, 0.29) is 12.0 Å². The number of hydrogen-bond acceptors (Lipinski definition) is 3. The third kappa shape index (κ3) is 3.80. The largest absolute Gasteiger partial charge is 0.393 e. The first kappa shape index (κ1) is 10.9. The first-order chi connectivity index (χ1) is 7.24. The van der Waals surface area contributed by atoms with Gasteiger partial charge in [-0.1, -0.05) is 0 Å². The zero-order chi connectivity index (χ0) is 10.7. The minimum absolute atomic E-state index is 0.124. The van der Waals surface area contributed by atoms with Gasteiger partial charge in [0.15, 0.2) is 0 Å². The second-order valence-electron chi connectivity index (χ2n) is 4.66. The van der Waals surface area contributed by atoms with Crippen LogP contribution < -0.4 is 5.32 Å². The standard InChI is InChI=1S/C11H20N2O2/c14-10-3-6-13(7-4-10)8-5-11(15)12-9-1-2-9/h9-10,14H,1-8H2,(H,12,15). The van der Waals surface area contributed by atoms with E-state index in [2.05, 4.69) is 10.2 Å². The van der Waals surface area contributed by atoms with Crippen molar-refractivity contribution in [3.8, 4) is 0 Å². The smallest absolute Gasteiger partial charge is 0.221 e. The van der Waals surface area contributed by atoms with Crippen LogP contribution in [0.3, 0.4) is 0 Å². The molecule has 1 aliphatic carbocycles. The Bertz CT molecular complexity index is 221. The summed E-state index contributed by atoms with van der Waals surface area (Å²) in [5, 5.41) is 12.3. The van der Waals surface area contributed by atoms with Crippen molar-refractivity contribution in [3.63, 3.8) is 0 Å². The number of aliphatic hydroxyl groups is 1. The van der Waals surface area contributed by atoms with E-state index >= 15 is 0 Å². The van der Waals surface area contributed by atoms with E-state index in [0.717, 1.165) is 45.3 Å². The summed E-state index contributed by atoms with van der Waals surface area (Å²) in [7, 11) is 0. The van der Waals surface area contributed by atoms with Gasteiger partial charge in [-0.15, -0.1) is 0 Å². The van der Waals surface area contributed by atoms with Gasteiger partial charge in [-0.3, -0.25) is 4.79 Å². The number of carbonyl (C=O) groups is 1. The molecule has 4 heteroatoms. The average Bonchev–Trinajstić information content (AvgIpc) is 3.01. The Morgan fingerprint density at radius 1 is 1.27 bits per heavy atom. The van der Waals surface area contributed by atoms with E-state index in [1.54, 1.807) is 0 Å². The van der Waals surface area contributed by atoms with E-state index in [0.29, 0.717) is 12.5 Å². The van der Waals surface area contributed by atoms with Crippen LogP contribution in [0.2, 0.25) is 0 Å². The third-order valence-electron chi connectivity index (χ3n) is 3.15. The van der Waals surface area contributed by atoms with E-state index in [9.17, 15) is 9.90 Å². The van der Waals surface area contributed by atoms with E-state index in [1.807, 2.05) is 0 Å². The number of amides is 1. The van der Waals surface area contributed by atoms with Gasteiger partial charge < -0.3 is 15.3 Å². The zero-order valence-corrected chi connectivity index (χ0v) is 9.11. The van der Waals surface area contributed by atoms with Crippen LogP contribution in [0.5, 0.6) is 0 Å². The average molecular weight is 212 g/mol. The van der Waals surface area contributed by atoms with Crippen molar-refractivity contribution < 1.29 is 9.90 Å². The first-order valence-electron chi connectivity index (χ1n) is 5.94. The Balaban J connectivity index is 1.58. The Labute approximate surface area is 90.6 Å². The lowest BCUT2D eigenvalue weighted by molar-refractivity contribution is -0.121. The van der Waals surface area contributed by atoms with Crippen LogP contribution in [-0.2, 0) is 4.79 Å². The Kier molecular flexibility index (Phi) is 3.59. The quantitative estimate of drug-likeness (QED) is 0.695. The van der Waals surface area contributed by atoms with Gasteiger partial charge >= 0.3 is 0 Å². The monoisotopic (exact) mass is 212 g/mol. The number of aliphatic hydroxyl groups excluding tert-OH is 1. The second-order valence-corrected chi connectivity index (χ2v) is 4.66. The molecular formula is C11H20N2O2. The highest BCUT2D eigenvalue weighted by Crippen LogP contribution is 2.18. The lowest BCUT2D eigenvalue weighted by Gasteiger charge is -2.29.